The van der Waals surface area contributed by atoms with Crippen LogP contribution in [0, 0.1) is 30.9 Å². The predicted octanol–water partition coefficient (Wildman–Crippen LogP) is 2.44. The number of benzene rings is 2. The molecular weight excluding hydrogens is 358 g/mol. The molecule has 2 rings (SSSR count). The zero-order valence-electron chi connectivity index (χ0n) is 14.6. The second kappa shape index (κ2) is 7.63. The molecule has 0 saturated carbocycles. The number of hydrogen-bond donors (Lipinski definition) is 2. The maximum Gasteiger partial charge on any atom is 0.269 e. The summed E-state index contributed by atoms with van der Waals surface area (Å²) in [5.41, 5.74) is 3.27. The number of nitrogens with zero attached hydrogens (tertiary/aromatic N) is 1. The molecule has 0 unspecified atom stereocenters. The Morgan fingerprint density at radius 3 is 2.12 bits per heavy atom. The highest BCUT2D eigenvalue weighted by molar-refractivity contribution is 7.89. The van der Waals surface area contributed by atoms with E-state index in [1.54, 1.807) is 0 Å². The third-order valence-corrected chi connectivity index (χ3v) is 5.14. The van der Waals surface area contributed by atoms with Crippen molar-refractivity contribution in [1.82, 2.24) is 4.72 Å². The Labute approximate surface area is 151 Å². The normalized spacial score (nSPS) is 11.2. The third kappa shape index (κ3) is 4.64. The minimum absolute atomic E-state index is 0.154. The van der Waals surface area contributed by atoms with Gasteiger partial charge in [0.1, 0.15) is 0 Å². The van der Waals surface area contributed by atoms with E-state index in [1.807, 2.05) is 32.9 Å². The Hall–Kier alpha value is -2.78. The number of amides is 1. The summed E-state index contributed by atoms with van der Waals surface area (Å²) >= 11 is 0. The van der Waals surface area contributed by atoms with Gasteiger partial charge in [-0.25, -0.2) is 13.1 Å². The van der Waals surface area contributed by atoms with Gasteiger partial charge in [0, 0.05) is 17.8 Å². The Balaban J connectivity index is 2.05. The molecule has 0 atom stereocenters. The largest absolute Gasteiger partial charge is 0.324 e. The number of aryl methyl sites for hydroxylation is 3. The lowest BCUT2D eigenvalue weighted by Crippen LogP contribution is -2.33. The van der Waals surface area contributed by atoms with E-state index in [9.17, 15) is 23.3 Å². The predicted molar refractivity (Wildman–Crippen MR) is 97.6 cm³/mol. The molecule has 0 aliphatic carbocycles. The average molecular weight is 377 g/mol. The molecule has 0 fully saturated rings. The van der Waals surface area contributed by atoms with Gasteiger partial charge in [-0.15, -0.1) is 0 Å². The van der Waals surface area contributed by atoms with Crippen molar-refractivity contribution >= 4 is 27.3 Å². The van der Waals surface area contributed by atoms with Gasteiger partial charge in [0.25, 0.3) is 5.69 Å². The van der Waals surface area contributed by atoms with Crippen molar-refractivity contribution in [3.8, 4) is 0 Å². The van der Waals surface area contributed by atoms with Gasteiger partial charge >= 0.3 is 0 Å². The van der Waals surface area contributed by atoms with E-state index in [-0.39, 0.29) is 10.6 Å². The molecule has 2 aromatic rings. The van der Waals surface area contributed by atoms with E-state index in [4.69, 9.17) is 0 Å². The van der Waals surface area contributed by atoms with Crippen LogP contribution >= 0.6 is 0 Å². The lowest BCUT2D eigenvalue weighted by Gasteiger charge is -2.13. The molecule has 26 heavy (non-hydrogen) atoms. The molecule has 138 valence electrons. The second-order valence-electron chi connectivity index (χ2n) is 5.90. The number of hydrogen-bond acceptors (Lipinski definition) is 5. The molecule has 9 heteroatoms. The summed E-state index contributed by atoms with van der Waals surface area (Å²) in [5, 5.41) is 13.3. The number of non-ortho nitro benzene ring substituents is 1. The summed E-state index contributed by atoms with van der Waals surface area (Å²) in [7, 11) is -3.95. The topological polar surface area (TPSA) is 118 Å². The Kier molecular flexibility index (Phi) is 5.73. The van der Waals surface area contributed by atoms with Crippen LogP contribution in [0.4, 0.5) is 11.4 Å². The minimum Gasteiger partial charge on any atom is -0.324 e. The van der Waals surface area contributed by atoms with Crippen molar-refractivity contribution in [2.45, 2.75) is 25.7 Å². The van der Waals surface area contributed by atoms with Crippen LogP contribution in [0.1, 0.15) is 16.7 Å². The fourth-order valence-corrected chi connectivity index (χ4v) is 3.53. The van der Waals surface area contributed by atoms with Gasteiger partial charge in [-0.1, -0.05) is 17.7 Å². The zero-order chi connectivity index (χ0) is 19.5. The molecule has 2 N–H and O–H groups in total. The maximum atomic E-state index is 12.2. The van der Waals surface area contributed by atoms with Gasteiger partial charge in [0.2, 0.25) is 15.9 Å². The van der Waals surface area contributed by atoms with E-state index in [1.165, 1.54) is 0 Å². The highest BCUT2D eigenvalue weighted by Crippen LogP contribution is 2.21. The van der Waals surface area contributed by atoms with Gasteiger partial charge in [-0.3, -0.25) is 14.9 Å². The molecule has 0 aliphatic rings. The molecule has 1 amide bonds. The van der Waals surface area contributed by atoms with E-state index in [2.05, 4.69) is 10.0 Å². The van der Waals surface area contributed by atoms with Crippen molar-refractivity contribution in [3.05, 3.63) is 63.2 Å². The van der Waals surface area contributed by atoms with Crippen LogP contribution in [-0.4, -0.2) is 25.8 Å². The molecular formula is C17H19N3O5S. The van der Waals surface area contributed by atoms with Gasteiger partial charge < -0.3 is 5.32 Å². The summed E-state index contributed by atoms with van der Waals surface area (Å²) in [4.78, 5) is 21.9. The second-order valence-corrected chi connectivity index (χ2v) is 7.66. The van der Waals surface area contributed by atoms with Gasteiger partial charge in [-0.2, -0.15) is 0 Å². The van der Waals surface area contributed by atoms with Crippen LogP contribution in [0.2, 0.25) is 0 Å². The van der Waals surface area contributed by atoms with Crippen LogP contribution in [0.3, 0.4) is 0 Å². The summed E-state index contributed by atoms with van der Waals surface area (Å²) in [5.74, 6) is -0.509. The number of nitro groups is 1. The molecule has 0 heterocycles. The molecule has 0 spiro atoms. The highest BCUT2D eigenvalue weighted by Gasteiger charge is 2.17. The molecule has 0 aromatic heterocycles. The maximum absolute atomic E-state index is 12.2. The fraction of sp³-hybridized carbons (Fsp3) is 0.235. The fourth-order valence-electron chi connectivity index (χ4n) is 2.55. The van der Waals surface area contributed by atoms with Crippen LogP contribution in [0.25, 0.3) is 0 Å². The number of carbonyl (C=O) groups excluding carboxylic acids is 1. The van der Waals surface area contributed by atoms with Crippen molar-refractivity contribution < 1.29 is 18.1 Å². The summed E-state index contributed by atoms with van der Waals surface area (Å²) < 4.78 is 26.6. The van der Waals surface area contributed by atoms with Gasteiger partial charge in [0.15, 0.2) is 0 Å². The number of nitrogens with one attached hydrogen (secondary N) is 2. The summed E-state index contributed by atoms with van der Waals surface area (Å²) in [6.45, 7) is 5.21. The Bertz CT molecular complexity index is 930. The molecule has 8 nitrogen and oxygen atoms in total. The van der Waals surface area contributed by atoms with Crippen molar-refractivity contribution in [2.75, 3.05) is 11.9 Å². The average Bonchev–Trinajstić information content (AvgIpc) is 2.56. The SMILES string of the molecule is Cc1cc(C)c(NC(=O)CNS(=O)(=O)c2ccc([N+](=O)[O-])cc2)c(C)c1. The Morgan fingerprint density at radius 2 is 1.62 bits per heavy atom. The number of nitro benzene ring substituents is 1. The number of rotatable bonds is 6. The molecule has 0 radical (unpaired) electrons. The van der Waals surface area contributed by atoms with E-state index in [0.29, 0.717) is 5.69 Å². The summed E-state index contributed by atoms with van der Waals surface area (Å²) in [6, 6.07) is 8.26. The summed E-state index contributed by atoms with van der Waals surface area (Å²) in [6.07, 6.45) is 0. The Morgan fingerprint density at radius 1 is 1.08 bits per heavy atom. The van der Waals surface area contributed by atoms with Crippen LogP contribution in [-0.2, 0) is 14.8 Å². The third-order valence-electron chi connectivity index (χ3n) is 3.72. The first-order valence-corrected chi connectivity index (χ1v) is 9.20. The molecule has 0 saturated heterocycles. The number of anilines is 1. The monoisotopic (exact) mass is 377 g/mol. The van der Waals surface area contributed by atoms with Gasteiger partial charge in [0.05, 0.1) is 16.4 Å². The van der Waals surface area contributed by atoms with Crippen molar-refractivity contribution in [2.24, 2.45) is 0 Å². The highest BCUT2D eigenvalue weighted by atomic mass is 32.2. The molecule has 2 aromatic carbocycles. The van der Waals surface area contributed by atoms with Crippen LogP contribution in [0.15, 0.2) is 41.3 Å². The zero-order valence-corrected chi connectivity index (χ0v) is 15.4. The van der Waals surface area contributed by atoms with Crippen molar-refractivity contribution in [3.63, 3.8) is 0 Å². The smallest absolute Gasteiger partial charge is 0.269 e. The first-order valence-electron chi connectivity index (χ1n) is 7.72. The van der Waals surface area contributed by atoms with E-state index >= 15 is 0 Å². The lowest BCUT2D eigenvalue weighted by atomic mass is 10.1. The first-order chi connectivity index (χ1) is 12.1. The minimum atomic E-state index is -3.95. The van der Waals surface area contributed by atoms with Crippen molar-refractivity contribution in [1.29, 1.82) is 0 Å². The van der Waals surface area contributed by atoms with Crippen LogP contribution in [0.5, 0.6) is 0 Å². The first kappa shape index (κ1) is 19.5. The van der Waals surface area contributed by atoms with E-state index in [0.717, 1.165) is 41.0 Å². The van der Waals surface area contributed by atoms with E-state index < -0.39 is 27.4 Å². The quantitative estimate of drug-likeness (QED) is 0.592. The van der Waals surface area contributed by atoms with Crippen LogP contribution < -0.4 is 10.0 Å². The number of carbonyl (C=O) groups is 1. The molecule has 0 aliphatic heterocycles. The molecule has 0 bridgehead atoms. The number of sulfonamides is 1. The lowest BCUT2D eigenvalue weighted by molar-refractivity contribution is -0.384. The standard InChI is InChI=1S/C17H19N3O5S/c1-11-8-12(2)17(13(3)9-11)19-16(21)10-18-26(24,25)15-6-4-14(5-7-15)20(22)23/h4-9,18H,10H2,1-3H3,(H,19,21). The van der Waals surface area contributed by atoms with Gasteiger partial charge in [-0.05, 0) is 44.0 Å².